The molecular weight excluding hydrogens is 603 g/mol. The van der Waals surface area contributed by atoms with Gasteiger partial charge in [0, 0.05) is 54.7 Å². The van der Waals surface area contributed by atoms with Crippen LogP contribution in [0.5, 0.6) is 0 Å². The Labute approximate surface area is 303 Å². The SMILES string of the molecule is C=C/C=C(\C=C)C(C)C(C)NC(=C)C(C)C(CC)C1CCCN1C(=C)CC(CC)C(C(C)CC)N(C)C(=O)CNC(=C)C(C(C)C)N(C)C. The largest absolute Gasteiger partial charge is 0.386 e. The molecule has 6 nitrogen and oxygen atoms in total. The minimum absolute atomic E-state index is 0.116. The van der Waals surface area contributed by atoms with Crippen molar-refractivity contribution < 1.29 is 4.79 Å². The van der Waals surface area contributed by atoms with E-state index in [0.29, 0.717) is 41.5 Å². The Kier molecular flexibility index (Phi) is 19.4. The molecule has 49 heavy (non-hydrogen) atoms. The Bertz CT molecular complexity index is 1110. The number of rotatable bonds is 24. The van der Waals surface area contributed by atoms with Crippen LogP contribution in [-0.2, 0) is 4.79 Å². The lowest BCUT2D eigenvalue weighted by molar-refractivity contribution is -0.133. The Balaban J connectivity index is 3.11. The summed E-state index contributed by atoms with van der Waals surface area (Å²) in [7, 11) is 6.13. The van der Waals surface area contributed by atoms with Crippen LogP contribution in [0.15, 0.2) is 73.8 Å². The van der Waals surface area contributed by atoms with Crippen molar-refractivity contribution in [2.45, 2.75) is 125 Å². The molecule has 9 atom stereocenters. The minimum atomic E-state index is 0.116. The van der Waals surface area contributed by atoms with Gasteiger partial charge in [0.2, 0.25) is 5.91 Å². The van der Waals surface area contributed by atoms with Gasteiger partial charge in [-0.1, -0.05) is 126 Å². The van der Waals surface area contributed by atoms with Gasteiger partial charge in [0.05, 0.1) is 12.6 Å². The summed E-state index contributed by atoms with van der Waals surface area (Å²) in [5, 5.41) is 7.14. The first-order chi connectivity index (χ1) is 23.0. The lowest BCUT2D eigenvalue weighted by Crippen LogP contribution is -2.50. The average molecular weight is 680 g/mol. The molecule has 1 aliphatic heterocycles. The van der Waals surface area contributed by atoms with E-state index in [1.807, 2.05) is 30.2 Å². The highest BCUT2D eigenvalue weighted by molar-refractivity contribution is 5.78. The molecule has 0 aromatic carbocycles. The maximum atomic E-state index is 13.7. The molecule has 1 amide bonds. The van der Waals surface area contributed by atoms with Gasteiger partial charge < -0.3 is 25.3 Å². The number of hydrogen-bond donors (Lipinski definition) is 2. The number of nitrogens with zero attached hydrogens (tertiary/aromatic N) is 3. The summed E-state index contributed by atoms with van der Waals surface area (Å²) in [6.07, 6.45) is 12.2. The van der Waals surface area contributed by atoms with E-state index in [4.69, 9.17) is 6.58 Å². The number of likely N-dealkylation sites (tertiary alicyclic amines) is 1. The molecule has 1 heterocycles. The van der Waals surface area contributed by atoms with Gasteiger partial charge in [0.25, 0.3) is 0 Å². The summed E-state index contributed by atoms with van der Waals surface area (Å²) in [5.41, 5.74) is 4.41. The Morgan fingerprint density at radius 2 is 1.55 bits per heavy atom. The van der Waals surface area contributed by atoms with Crippen LogP contribution < -0.4 is 10.6 Å². The summed E-state index contributed by atoms with van der Waals surface area (Å²) in [6.45, 7) is 43.1. The van der Waals surface area contributed by atoms with Crippen LogP contribution in [0.4, 0.5) is 0 Å². The highest BCUT2D eigenvalue weighted by Gasteiger charge is 2.38. The van der Waals surface area contributed by atoms with E-state index in [2.05, 4.69) is 123 Å². The first kappa shape index (κ1) is 44.3. The normalized spacial score (nSPS) is 20.1. The third-order valence-electron chi connectivity index (χ3n) is 11.7. The highest BCUT2D eigenvalue weighted by Crippen LogP contribution is 2.38. The minimum Gasteiger partial charge on any atom is -0.386 e. The maximum absolute atomic E-state index is 13.7. The summed E-state index contributed by atoms with van der Waals surface area (Å²) < 4.78 is 0. The van der Waals surface area contributed by atoms with E-state index in [1.165, 1.54) is 24.1 Å². The predicted octanol–water partition coefficient (Wildman–Crippen LogP) is 9.03. The van der Waals surface area contributed by atoms with Crippen LogP contribution in [-0.4, -0.2) is 79.0 Å². The van der Waals surface area contributed by atoms with Gasteiger partial charge in [-0.15, -0.1) is 0 Å². The second-order valence-corrected chi connectivity index (χ2v) is 15.5. The van der Waals surface area contributed by atoms with Crippen molar-refractivity contribution in [3.63, 3.8) is 0 Å². The number of nitrogens with one attached hydrogen (secondary N) is 2. The van der Waals surface area contributed by atoms with Gasteiger partial charge in [-0.2, -0.15) is 0 Å². The van der Waals surface area contributed by atoms with Gasteiger partial charge in [0.1, 0.15) is 0 Å². The number of allylic oxidation sites excluding steroid dienone is 5. The molecule has 2 N–H and O–H groups in total. The molecule has 6 heteroatoms. The molecule has 0 bridgehead atoms. The van der Waals surface area contributed by atoms with Crippen molar-refractivity contribution in [1.29, 1.82) is 0 Å². The number of carbonyl (C=O) groups excluding carboxylic acids is 1. The Hall–Kier alpha value is -2.73. The van der Waals surface area contributed by atoms with Crippen molar-refractivity contribution in [3.05, 3.63) is 73.8 Å². The fourth-order valence-electron chi connectivity index (χ4n) is 8.45. The zero-order chi connectivity index (χ0) is 37.6. The monoisotopic (exact) mass is 680 g/mol. The highest BCUT2D eigenvalue weighted by atomic mass is 16.2. The number of carbonyl (C=O) groups is 1. The topological polar surface area (TPSA) is 50.9 Å². The van der Waals surface area contributed by atoms with Gasteiger partial charge in [-0.05, 0) is 75.4 Å². The van der Waals surface area contributed by atoms with Crippen LogP contribution in [0.3, 0.4) is 0 Å². The Morgan fingerprint density at radius 1 is 0.918 bits per heavy atom. The molecule has 1 rings (SSSR count). The first-order valence-corrected chi connectivity index (χ1v) is 19.2. The van der Waals surface area contributed by atoms with Crippen LogP contribution >= 0.6 is 0 Å². The molecule has 0 aromatic rings. The number of amides is 1. The quantitative estimate of drug-likeness (QED) is 0.0998. The smallest absolute Gasteiger partial charge is 0.241 e. The number of hydrogen-bond acceptors (Lipinski definition) is 5. The fourth-order valence-corrected chi connectivity index (χ4v) is 8.45. The predicted molar refractivity (Wildman–Crippen MR) is 215 cm³/mol. The van der Waals surface area contributed by atoms with Crippen molar-refractivity contribution in [2.24, 2.45) is 35.5 Å². The average Bonchev–Trinajstić information content (AvgIpc) is 3.54. The van der Waals surface area contributed by atoms with Crippen molar-refractivity contribution in [1.82, 2.24) is 25.3 Å². The van der Waals surface area contributed by atoms with Crippen LogP contribution in [0, 0.1) is 35.5 Å². The van der Waals surface area contributed by atoms with E-state index >= 15 is 0 Å². The molecule has 9 unspecified atom stereocenters. The lowest BCUT2D eigenvalue weighted by atomic mass is 9.80. The molecule has 280 valence electrons. The van der Waals surface area contributed by atoms with Crippen LogP contribution in [0.2, 0.25) is 0 Å². The van der Waals surface area contributed by atoms with E-state index in [-0.39, 0.29) is 30.6 Å². The van der Waals surface area contributed by atoms with Crippen molar-refractivity contribution in [2.75, 3.05) is 34.2 Å². The van der Waals surface area contributed by atoms with E-state index < -0.39 is 0 Å². The fraction of sp³-hybridized carbons (Fsp3) is 0.698. The van der Waals surface area contributed by atoms with Gasteiger partial charge >= 0.3 is 0 Å². The summed E-state index contributed by atoms with van der Waals surface area (Å²) >= 11 is 0. The molecule has 1 fully saturated rings. The molecule has 1 aliphatic rings. The number of likely N-dealkylation sites (N-methyl/N-ethyl adjacent to an activating group) is 2. The molecule has 0 aromatic heterocycles. The third kappa shape index (κ3) is 12.2. The second-order valence-electron chi connectivity index (χ2n) is 15.5. The summed E-state index contributed by atoms with van der Waals surface area (Å²) in [6, 6.07) is 0.964. The zero-order valence-electron chi connectivity index (χ0n) is 33.9. The standard InChI is InChI=1S/C43H77N5O/c1-18-24-37(20-3)32(10)34(12)45-35(13)33(11)39(22-5)40-25-23-26-48(40)31(9)27-38(21-4)43(30(8)19-2)47(17)41(49)28-44-36(14)42(29(6)7)46(15)16/h18,20,24,29-30,32-34,38-40,42-45H,1,3,9,13-14,19,21-23,25-28H2,2,4-8,10-12,15-17H3/b37-24+. The van der Waals surface area contributed by atoms with Gasteiger partial charge in [0.15, 0.2) is 0 Å². The third-order valence-corrected chi connectivity index (χ3v) is 11.7. The molecule has 0 saturated carbocycles. The summed E-state index contributed by atoms with van der Waals surface area (Å²) in [5.74, 6) is 2.29. The van der Waals surface area contributed by atoms with E-state index in [0.717, 1.165) is 43.6 Å². The van der Waals surface area contributed by atoms with Crippen molar-refractivity contribution >= 4 is 5.91 Å². The van der Waals surface area contributed by atoms with Gasteiger partial charge in [-0.25, -0.2) is 0 Å². The van der Waals surface area contributed by atoms with Gasteiger partial charge in [-0.3, -0.25) is 4.79 Å². The molecule has 1 saturated heterocycles. The van der Waals surface area contributed by atoms with Crippen LogP contribution in [0.1, 0.15) is 101 Å². The zero-order valence-corrected chi connectivity index (χ0v) is 33.9. The Morgan fingerprint density at radius 3 is 2.04 bits per heavy atom. The van der Waals surface area contributed by atoms with E-state index in [9.17, 15) is 4.79 Å². The molecule has 0 spiro atoms. The van der Waals surface area contributed by atoms with E-state index in [1.54, 1.807) is 0 Å². The molecule has 0 radical (unpaired) electrons. The first-order valence-electron chi connectivity index (χ1n) is 19.2. The van der Waals surface area contributed by atoms with Crippen LogP contribution in [0.25, 0.3) is 0 Å². The second kappa shape index (κ2) is 21.5. The van der Waals surface area contributed by atoms with Crippen molar-refractivity contribution in [3.8, 4) is 0 Å². The lowest BCUT2D eigenvalue weighted by Gasteiger charge is -2.42. The molecular formula is C43H77N5O. The maximum Gasteiger partial charge on any atom is 0.241 e. The summed E-state index contributed by atoms with van der Waals surface area (Å²) in [4.78, 5) is 20.5. The molecule has 0 aliphatic carbocycles.